The maximum Gasteiger partial charge on any atom is 0.191 e. The van der Waals surface area contributed by atoms with Gasteiger partial charge in [0.05, 0.1) is 5.56 Å². The number of fused-ring (bicyclic) bond motifs is 1. The van der Waals surface area contributed by atoms with Gasteiger partial charge in [-0.1, -0.05) is 11.6 Å². The normalized spacial score (nSPS) is 10.6. The Bertz CT molecular complexity index is 480. The van der Waals surface area contributed by atoms with Crippen LogP contribution in [0.15, 0.2) is 29.2 Å². The van der Waals surface area contributed by atoms with Gasteiger partial charge >= 0.3 is 0 Å². The first-order chi connectivity index (χ1) is 6.20. The maximum absolute atomic E-state index is 11.3. The van der Waals surface area contributed by atoms with E-state index in [9.17, 15) is 4.79 Å². The van der Waals surface area contributed by atoms with E-state index in [2.05, 4.69) is 4.98 Å². The molecule has 13 heavy (non-hydrogen) atoms. The highest BCUT2D eigenvalue weighted by Gasteiger charge is 2.11. The minimum absolute atomic E-state index is 0.115. The van der Waals surface area contributed by atoms with Crippen LogP contribution in [-0.4, -0.2) is 9.07 Å². The van der Waals surface area contributed by atoms with E-state index in [1.54, 1.807) is 12.1 Å². The second-order valence-electron chi connectivity index (χ2n) is 2.48. The quantitative estimate of drug-likeness (QED) is 0.630. The Balaban J connectivity index is 2.92. The van der Waals surface area contributed by atoms with Crippen LogP contribution >= 0.6 is 23.4 Å². The zero-order chi connectivity index (χ0) is 9.42. The van der Waals surface area contributed by atoms with Crippen molar-refractivity contribution in [3.05, 3.63) is 39.8 Å². The summed E-state index contributed by atoms with van der Waals surface area (Å²) in [4.78, 5) is 15.2. The van der Waals surface area contributed by atoms with Crippen molar-refractivity contribution in [3.63, 3.8) is 0 Å². The number of pyridine rings is 2. The van der Waals surface area contributed by atoms with Gasteiger partial charge in [0.1, 0.15) is 5.15 Å². The van der Waals surface area contributed by atoms with E-state index in [-0.39, 0.29) is 5.43 Å². The molecule has 0 bridgehead atoms. The van der Waals surface area contributed by atoms with Gasteiger partial charge in [-0.25, -0.2) is 9.07 Å². The summed E-state index contributed by atoms with van der Waals surface area (Å²) in [6, 6.07) is 4.54. The number of rotatable bonds is 0. The third-order valence-electron chi connectivity index (χ3n) is 1.69. The molecule has 0 amide bonds. The molecule has 0 saturated carbocycles. The van der Waals surface area contributed by atoms with Gasteiger partial charge in [-0.3, -0.25) is 4.79 Å². The van der Waals surface area contributed by atoms with Gasteiger partial charge < -0.3 is 0 Å². The number of nitrogens with zero attached hydrogens (tertiary/aromatic N) is 2. The second kappa shape index (κ2) is 3.01. The molecule has 2 heterocycles. The SMILES string of the molecule is O=c1ccnc2n(Cl)c(Cl)ccc1-2. The van der Waals surface area contributed by atoms with E-state index in [0.717, 1.165) is 4.09 Å². The summed E-state index contributed by atoms with van der Waals surface area (Å²) < 4.78 is 1.15. The minimum atomic E-state index is -0.115. The first kappa shape index (κ1) is 8.53. The van der Waals surface area contributed by atoms with Crippen molar-refractivity contribution in [2.75, 3.05) is 0 Å². The largest absolute Gasteiger partial charge is 0.289 e. The van der Waals surface area contributed by atoms with Gasteiger partial charge in [-0.05, 0) is 12.1 Å². The Morgan fingerprint density at radius 1 is 1.31 bits per heavy atom. The second-order valence-corrected chi connectivity index (χ2v) is 3.21. The molecule has 0 aliphatic carbocycles. The summed E-state index contributed by atoms with van der Waals surface area (Å²) in [6.07, 6.45) is 1.40. The Kier molecular flexibility index (Phi) is 1.98. The van der Waals surface area contributed by atoms with Crippen LogP contribution < -0.4 is 5.43 Å². The van der Waals surface area contributed by atoms with Crippen molar-refractivity contribution in [1.82, 2.24) is 9.07 Å². The van der Waals surface area contributed by atoms with Crippen molar-refractivity contribution in [1.29, 1.82) is 0 Å². The minimum Gasteiger partial charge on any atom is -0.289 e. The van der Waals surface area contributed by atoms with Gasteiger partial charge in [0.25, 0.3) is 0 Å². The summed E-state index contributed by atoms with van der Waals surface area (Å²) >= 11 is 11.5. The summed E-state index contributed by atoms with van der Waals surface area (Å²) in [5, 5.41) is 0.326. The van der Waals surface area contributed by atoms with Gasteiger partial charge in [0.2, 0.25) is 0 Å². The lowest BCUT2D eigenvalue weighted by molar-refractivity contribution is 1.10. The number of hydrogen-bond acceptors (Lipinski definition) is 2. The first-order valence-corrected chi connectivity index (χ1v) is 4.24. The summed E-state index contributed by atoms with van der Waals surface area (Å²) in [7, 11) is 0. The molecule has 0 saturated heterocycles. The van der Waals surface area contributed by atoms with Crippen LogP contribution in [0.5, 0.6) is 0 Å². The Hall–Kier alpha value is -1.06. The third kappa shape index (κ3) is 1.30. The standard InChI is InChI=1S/C8H4Cl2N2O/c9-7-2-1-5-6(13)3-4-11-8(5)12(7)10/h1-4H. The van der Waals surface area contributed by atoms with E-state index in [1.807, 2.05) is 0 Å². The molecule has 5 heteroatoms. The fourth-order valence-corrected chi connectivity index (χ4v) is 1.41. The number of halogens is 2. The number of aromatic nitrogens is 2. The molecular formula is C8H4Cl2N2O. The highest BCUT2D eigenvalue weighted by atomic mass is 35.5. The molecule has 0 fully saturated rings. The van der Waals surface area contributed by atoms with E-state index in [0.29, 0.717) is 16.5 Å². The van der Waals surface area contributed by atoms with Crippen molar-refractivity contribution >= 4 is 23.4 Å². The van der Waals surface area contributed by atoms with E-state index < -0.39 is 0 Å². The molecule has 0 aromatic rings. The number of hydrogen-bond donors (Lipinski definition) is 0. The van der Waals surface area contributed by atoms with Crippen LogP contribution in [0.2, 0.25) is 5.15 Å². The molecule has 2 aliphatic rings. The van der Waals surface area contributed by atoms with E-state index >= 15 is 0 Å². The summed E-state index contributed by atoms with van der Waals surface area (Å²) in [5.74, 6) is 0.377. The van der Waals surface area contributed by atoms with Crippen molar-refractivity contribution in [3.8, 4) is 11.4 Å². The maximum atomic E-state index is 11.3. The van der Waals surface area contributed by atoms with Gasteiger partial charge in [0.15, 0.2) is 11.3 Å². The van der Waals surface area contributed by atoms with E-state index in [1.165, 1.54) is 12.3 Å². The van der Waals surface area contributed by atoms with Crippen LogP contribution in [0.25, 0.3) is 11.4 Å². The lowest BCUT2D eigenvalue weighted by Crippen LogP contribution is -2.09. The smallest absolute Gasteiger partial charge is 0.191 e. The zero-order valence-corrected chi connectivity index (χ0v) is 7.88. The van der Waals surface area contributed by atoms with E-state index in [4.69, 9.17) is 23.4 Å². The first-order valence-electron chi connectivity index (χ1n) is 3.52. The van der Waals surface area contributed by atoms with Crippen molar-refractivity contribution in [2.24, 2.45) is 0 Å². The molecule has 66 valence electrons. The predicted octanol–water partition coefficient (Wildman–Crippen LogP) is 2.00. The molecule has 0 N–H and O–H groups in total. The Labute approximate surface area is 84.0 Å². The van der Waals surface area contributed by atoms with Crippen LogP contribution in [0.1, 0.15) is 0 Å². The highest BCUT2D eigenvalue weighted by Crippen LogP contribution is 2.21. The molecule has 0 atom stereocenters. The van der Waals surface area contributed by atoms with Crippen LogP contribution in [0.4, 0.5) is 0 Å². The van der Waals surface area contributed by atoms with Crippen LogP contribution in [-0.2, 0) is 0 Å². The molecule has 0 aromatic carbocycles. The third-order valence-corrected chi connectivity index (χ3v) is 2.41. The molecule has 2 rings (SSSR count). The predicted molar refractivity (Wildman–Crippen MR) is 51.4 cm³/mol. The summed E-state index contributed by atoms with van der Waals surface area (Å²) in [5.41, 5.74) is 0.345. The van der Waals surface area contributed by atoms with Crippen LogP contribution in [0.3, 0.4) is 0 Å². The fraction of sp³-hybridized carbons (Fsp3) is 0. The van der Waals surface area contributed by atoms with Gasteiger partial charge in [0, 0.05) is 24.0 Å². The molecule has 0 unspecified atom stereocenters. The molecule has 0 spiro atoms. The lowest BCUT2D eigenvalue weighted by Gasteiger charge is -2.07. The Morgan fingerprint density at radius 2 is 2.08 bits per heavy atom. The Morgan fingerprint density at radius 3 is 2.85 bits per heavy atom. The summed E-state index contributed by atoms with van der Waals surface area (Å²) in [6.45, 7) is 0. The van der Waals surface area contributed by atoms with Crippen molar-refractivity contribution in [2.45, 2.75) is 0 Å². The molecule has 3 nitrogen and oxygen atoms in total. The topological polar surface area (TPSA) is 34.9 Å². The van der Waals surface area contributed by atoms with Crippen LogP contribution in [0, 0.1) is 0 Å². The zero-order valence-electron chi connectivity index (χ0n) is 6.37. The highest BCUT2D eigenvalue weighted by molar-refractivity contribution is 6.33. The lowest BCUT2D eigenvalue weighted by atomic mass is 10.2. The van der Waals surface area contributed by atoms with Crippen molar-refractivity contribution < 1.29 is 0 Å². The van der Waals surface area contributed by atoms with Gasteiger partial charge in [-0.2, -0.15) is 0 Å². The average molecular weight is 215 g/mol. The molecule has 2 aliphatic heterocycles. The molecular weight excluding hydrogens is 211 g/mol. The monoisotopic (exact) mass is 214 g/mol. The molecule has 0 aromatic heterocycles. The molecule has 0 radical (unpaired) electrons. The van der Waals surface area contributed by atoms with Gasteiger partial charge in [-0.15, -0.1) is 0 Å². The average Bonchev–Trinajstić information content (AvgIpc) is 2.12. The fourth-order valence-electron chi connectivity index (χ4n) is 1.08.